The van der Waals surface area contributed by atoms with Crippen molar-refractivity contribution >= 4 is 43.6 Å². The molecule has 0 fully saturated rings. The van der Waals surface area contributed by atoms with E-state index in [-0.39, 0.29) is 0 Å². The van der Waals surface area contributed by atoms with Gasteiger partial charge in [-0.2, -0.15) is 0 Å². The lowest BCUT2D eigenvalue weighted by molar-refractivity contribution is 1.18. The third kappa shape index (κ3) is 3.21. The van der Waals surface area contributed by atoms with E-state index in [0.29, 0.717) is 0 Å². The number of hydrogen-bond donors (Lipinski definition) is 1. The van der Waals surface area contributed by atoms with Gasteiger partial charge in [0.05, 0.1) is 11.0 Å². The largest absolute Gasteiger partial charge is 0.354 e. The molecule has 0 spiro atoms. The van der Waals surface area contributed by atoms with Crippen LogP contribution in [0, 0.1) is 0 Å². The molecular formula is C36H24N2. The van der Waals surface area contributed by atoms with E-state index in [1.807, 2.05) is 0 Å². The van der Waals surface area contributed by atoms with Crippen molar-refractivity contribution < 1.29 is 0 Å². The maximum Gasteiger partial charge on any atom is 0.0547 e. The molecular weight excluding hydrogens is 460 g/mol. The number of aromatic amines is 1. The van der Waals surface area contributed by atoms with Crippen molar-refractivity contribution in [2.75, 3.05) is 0 Å². The Morgan fingerprint density at radius 3 is 1.89 bits per heavy atom. The Kier molecular flexibility index (Phi) is 4.55. The van der Waals surface area contributed by atoms with Gasteiger partial charge in [0.25, 0.3) is 0 Å². The Labute approximate surface area is 220 Å². The summed E-state index contributed by atoms with van der Waals surface area (Å²) in [5.74, 6) is 0. The van der Waals surface area contributed by atoms with Crippen LogP contribution < -0.4 is 0 Å². The topological polar surface area (TPSA) is 20.7 Å². The van der Waals surface area contributed by atoms with E-state index in [2.05, 4.69) is 149 Å². The maximum atomic E-state index is 3.60. The van der Waals surface area contributed by atoms with Crippen molar-refractivity contribution in [3.63, 3.8) is 0 Å². The van der Waals surface area contributed by atoms with Gasteiger partial charge in [0.2, 0.25) is 0 Å². The number of nitrogens with zero attached hydrogens (tertiary/aromatic N) is 1. The van der Waals surface area contributed by atoms with Gasteiger partial charge in [-0.1, -0.05) is 103 Å². The maximum absolute atomic E-state index is 3.60. The minimum absolute atomic E-state index is 1.17. The third-order valence-electron chi connectivity index (χ3n) is 7.72. The van der Waals surface area contributed by atoms with Gasteiger partial charge < -0.3 is 9.55 Å². The van der Waals surface area contributed by atoms with Gasteiger partial charge >= 0.3 is 0 Å². The predicted octanol–water partition coefficient (Wildman–Crippen LogP) is 9.75. The lowest BCUT2D eigenvalue weighted by Crippen LogP contribution is -1.94. The lowest BCUT2D eigenvalue weighted by atomic mass is 10.0. The molecule has 1 N–H and O–H groups in total. The van der Waals surface area contributed by atoms with Gasteiger partial charge in [-0.15, -0.1) is 0 Å². The van der Waals surface area contributed by atoms with E-state index in [0.717, 1.165) is 0 Å². The van der Waals surface area contributed by atoms with Crippen LogP contribution in [-0.2, 0) is 0 Å². The minimum Gasteiger partial charge on any atom is -0.354 e. The first-order chi connectivity index (χ1) is 18.8. The molecule has 0 saturated heterocycles. The van der Waals surface area contributed by atoms with E-state index >= 15 is 0 Å². The predicted molar refractivity (Wildman–Crippen MR) is 161 cm³/mol. The standard InChI is InChI=1S/C36H24N2/c1-2-9-24(10-3-1)25-11-8-12-28(21-25)38-35-16-7-5-14-31(35)32-20-18-27(23-36(32)38)26-17-19-30-29-13-4-6-15-33(29)37-34(30)22-26/h1-23,37H. The summed E-state index contributed by atoms with van der Waals surface area (Å²) in [7, 11) is 0. The molecule has 0 unspecified atom stereocenters. The smallest absolute Gasteiger partial charge is 0.0547 e. The number of para-hydroxylation sites is 2. The average Bonchev–Trinajstić information content (AvgIpc) is 3.52. The molecule has 2 heteroatoms. The quantitative estimate of drug-likeness (QED) is 0.258. The summed E-state index contributed by atoms with van der Waals surface area (Å²) in [6.45, 7) is 0. The summed E-state index contributed by atoms with van der Waals surface area (Å²) in [5.41, 5.74) is 10.8. The number of nitrogens with one attached hydrogen (secondary N) is 1. The van der Waals surface area contributed by atoms with Crippen molar-refractivity contribution in [3.05, 3.63) is 140 Å². The van der Waals surface area contributed by atoms with E-state index in [1.165, 1.54) is 71.6 Å². The number of aromatic nitrogens is 2. The molecule has 2 heterocycles. The van der Waals surface area contributed by atoms with Gasteiger partial charge in [-0.05, 0) is 58.7 Å². The normalized spacial score (nSPS) is 11.7. The summed E-state index contributed by atoms with van der Waals surface area (Å²) in [5, 5.41) is 5.06. The van der Waals surface area contributed by atoms with Crippen molar-refractivity contribution in [2.24, 2.45) is 0 Å². The second-order valence-electron chi connectivity index (χ2n) is 9.93. The molecule has 8 rings (SSSR count). The van der Waals surface area contributed by atoms with Crippen LogP contribution in [0.2, 0.25) is 0 Å². The minimum atomic E-state index is 1.17. The SMILES string of the molecule is c1ccc(-c2cccc(-n3c4ccccc4c4ccc(-c5ccc6c(c5)[nH]c5ccccc56)cc43)c2)cc1. The zero-order valence-electron chi connectivity index (χ0n) is 20.7. The second-order valence-corrected chi connectivity index (χ2v) is 9.93. The number of rotatable bonds is 3. The second kappa shape index (κ2) is 8.22. The fraction of sp³-hybridized carbons (Fsp3) is 0. The molecule has 0 aliphatic carbocycles. The summed E-state index contributed by atoms with van der Waals surface area (Å²) < 4.78 is 2.40. The van der Waals surface area contributed by atoms with Crippen LogP contribution in [-0.4, -0.2) is 9.55 Å². The molecule has 178 valence electrons. The molecule has 8 aromatic rings. The zero-order chi connectivity index (χ0) is 25.1. The van der Waals surface area contributed by atoms with Gasteiger partial charge in [-0.3, -0.25) is 0 Å². The van der Waals surface area contributed by atoms with Crippen LogP contribution in [0.5, 0.6) is 0 Å². The van der Waals surface area contributed by atoms with E-state index in [4.69, 9.17) is 0 Å². The Morgan fingerprint density at radius 2 is 1.00 bits per heavy atom. The Balaban J connectivity index is 1.35. The highest BCUT2D eigenvalue weighted by molar-refractivity contribution is 6.11. The molecule has 0 amide bonds. The molecule has 0 bridgehead atoms. The third-order valence-corrected chi connectivity index (χ3v) is 7.72. The average molecular weight is 485 g/mol. The summed E-state index contributed by atoms with van der Waals surface area (Å²) in [6.07, 6.45) is 0. The van der Waals surface area contributed by atoms with Gasteiger partial charge in [0.15, 0.2) is 0 Å². The van der Waals surface area contributed by atoms with Crippen LogP contribution in [0.3, 0.4) is 0 Å². The van der Waals surface area contributed by atoms with Crippen molar-refractivity contribution in [3.8, 4) is 27.9 Å². The molecule has 0 aliphatic rings. The Hall–Kier alpha value is -5.08. The molecule has 6 aromatic carbocycles. The highest BCUT2D eigenvalue weighted by Gasteiger charge is 2.14. The highest BCUT2D eigenvalue weighted by Crippen LogP contribution is 2.37. The molecule has 2 aromatic heterocycles. The first-order valence-electron chi connectivity index (χ1n) is 13.0. The van der Waals surface area contributed by atoms with E-state index in [1.54, 1.807) is 0 Å². The fourth-order valence-electron chi connectivity index (χ4n) is 5.92. The van der Waals surface area contributed by atoms with Crippen LogP contribution in [0.15, 0.2) is 140 Å². The van der Waals surface area contributed by atoms with Gasteiger partial charge in [-0.25, -0.2) is 0 Å². The molecule has 2 nitrogen and oxygen atoms in total. The number of benzene rings is 6. The Morgan fingerprint density at radius 1 is 0.368 bits per heavy atom. The number of H-pyrrole nitrogens is 1. The number of fused-ring (bicyclic) bond motifs is 6. The molecule has 38 heavy (non-hydrogen) atoms. The van der Waals surface area contributed by atoms with E-state index < -0.39 is 0 Å². The zero-order valence-corrected chi connectivity index (χ0v) is 20.7. The lowest BCUT2D eigenvalue weighted by Gasteiger charge is -2.11. The molecule has 0 radical (unpaired) electrons. The first kappa shape index (κ1) is 21.0. The van der Waals surface area contributed by atoms with E-state index in [9.17, 15) is 0 Å². The van der Waals surface area contributed by atoms with Crippen LogP contribution in [0.25, 0.3) is 71.6 Å². The fourth-order valence-corrected chi connectivity index (χ4v) is 5.92. The van der Waals surface area contributed by atoms with Crippen molar-refractivity contribution in [1.82, 2.24) is 9.55 Å². The summed E-state index contributed by atoms with van der Waals surface area (Å²) in [4.78, 5) is 3.60. The summed E-state index contributed by atoms with van der Waals surface area (Å²) in [6, 6.07) is 50.3. The van der Waals surface area contributed by atoms with Crippen LogP contribution >= 0.6 is 0 Å². The first-order valence-corrected chi connectivity index (χ1v) is 13.0. The van der Waals surface area contributed by atoms with Crippen molar-refractivity contribution in [1.29, 1.82) is 0 Å². The van der Waals surface area contributed by atoms with Crippen LogP contribution in [0.4, 0.5) is 0 Å². The van der Waals surface area contributed by atoms with Crippen molar-refractivity contribution in [2.45, 2.75) is 0 Å². The van der Waals surface area contributed by atoms with Gasteiger partial charge in [0, 0.05) is 38.3 Å². The van der Waals surface area contributed by atoms with Crippen LogP contribution in [0.1, 0.15) is 0 Å². The molecule has 0 aliphatic heterocycles. The summed E-state index contributed by atoms with van der Waals surface area (Å²) >= 11 is 0. The molecule has 0 atom stereocenters. The molecule has 0 saturated carbocycles. The monoisotopic (exact) mass is 484 g/mol. The number of hydrogen-bond acceptors (Lipinski definition) is 0. The Bertz CT molecular complexity index is 2130. The highest BCUT2D eigenvalue weighted by atomic mass is 15.0. The van der Waals surface area contributed by atoms with Gasteiger partial charge in [0.1, 0.15) is 0 Å².